The van der Waals surface area contributed by atoms with Gasteiger partial charge in [-0.05, 0) is 12.3 Å². The highest BCUT2D eigenvalue weighted by Gasteiger charge is 2.08. The summed E-state index contributed by atoms with van der Waals surface area (Å²) in [7, 11) is 5.44. The Kier molecular flexibility index (Phi) is 3.48. The molecule has 0 heterocycles. The van der Waals surface area contributed by atoms with Gasteiger partial charge in [0.25, 0.3) is 0 Å². The first-order valence-corrected chi connectivity index (χ1v) is 4.82. The summed E-state index contributed by atoms with van der Waals surface area (Å²) in [6.07, 6.45) is 1.79. The van der Waals surface area contributed by atoms with Crippen LogP contribution in [-0.2, 0) is 6.54 Å². The van der Waals surface area contributed by atoms with Gasteiger partial charge >= 0.3 is 0 Å². The second-order valence-electron chi connectivity index (χ2n) is 2.47. The van der Waals surface area contributed by atoms with Crippen LogP contribution in [0.2, 0.25) is 0 Å². The number of nitroso groups, excluding NO2 is 1. The van der Waals surface area contributed by atoms with Crippen LogP contribution in [0.25, 0.3) is 0 Å². The first-order valence-electron chi connectivity index (χ1n) is 3.60. The predicted molar refractivity (Wildman–Crippen MR) is 53.1 cm³/mol. The van der Waals surface area contributed by atoms with Crippen molar-refractivity contribution < 1.29 is 4.39 Å². The molecule has 1 aromatic rings. The Morgan fingerprint density at radius 2 is 2.31 bits per heavy atom. The third kappa shape index (κ3) is 2.31. The molecule has 0 N–H and O–H groups in total. The van der Waals surface area contributed by atoms with E-state index in [9.17, 15) is 9.30 Å². The molecule has 0 atom stereocenters. The molecule has 0 aliphatic carbocycles. The van der Waals surface area contributed by atoms with Gasteiger partial charge in [0.05, 0.1) is 0 Å². The SMILES string of the molecule is [B]c1cc(F)c(CN=O)c(SC)c1. The lowest BCUT2D eigenvalue weighted by Crippen LogP contribution is -2.06. The number of rotatable bonds is 3. The highest BCUT2D eigenvalue weighted by molar-refractivity contribution is 7.98. The molecule has 0 bridgehead atoms. The average molecular weight is 195 g/mol. The number of thioether (sulfide) groups is 1. The summed E-state index contributed by atoms with van der Waals surface area (Å²) < 4.78 is 13.2. The van der Waals surface area contributed by atoms with Gasteiger partial charge in [-0.1, -0.05) is 16.7 Å². The van der Waals surface area contributed by atoms with Gasteiger partial charge in [0.1, 0.15) is 20.2 Å². The molecule has 0 saturated carbocycles. The maximum atomic E-state index is 13.2. The van der Waals surface area contributed by atoms with Gasteiger partial charge < -0.3 is 0 Å². The van der Waals surface area contributed by atoms with Crippen LogP contribution in [0, 0.1) is 10.7 Å². The molecule has 13 heavy (non-hydrogen) atoms. The molecule has 2 nitrogen and oxygen atoms in total. The van der Waals surface area contributed by atoms with Crippen molar-refractivity contribution >= 4 is 25.1 Å². The van der Waals surface area contributed by atoms with Crippen LogP contribution in [0.1, 0.15) is 5.56 Å². The van der Waals surface area contributed by atoms with E-state index in [1.165, 1.54) is 17.8 Å². The van der Waals surface area contributed by atoms with Crippen molar-refractivity contribution in [1.82, 2.24) is 0 Å². The second kappa shape index (κ2) is 4.41. The summed E-state index contributed by atoms with van der Waals surface area (Å²) in [6, 6.07) is 2.83. The zero-order chi connectivity index (χ0) is 9.84. The van der Waals surface area contributed by atoms with E-state index in [1.54, 1.807) is 12.3 Å². The van der Waals surface area contributed by atoms with Gasteiger partial charge in [-0.2, -0.15) is 4.91 Å². The summed E-state index contributed by atoms with van der Waals surface area (Å²) in [5.74, 6) is -0.469. The molecule has 0 aliphatic heterocycles. The first-order chi connectivity index (χ1) is 6.19. The quantitative estimate of drug-likeness (QED) is 0.416. The molecular weight excluding hydrogens is 188 g/mol. The Labute approximate surface area is 81.3 Å². The fraction of sp³-hybridized carbons (Fsp3) is 0.250. The Morgan fingerprint density at radius 3 is 2.85 bits per heavy atom. The van der Waals surface area contributed by atoms with Crippen LogP contribution < -0.4 is 5.46 Å². The molecule has 0 fully saturated rings. The summed E-state index contributed by atoms with van der Waals surface area (Å²) in [5.41, 5.74) is 0.674. The van der Waals surface area contributed by atoms with E-state index in [2.05, 4.69) is 5.18 Å². The minimum Gasteiger partial charge on any atom is -0.207 e. The van der Waals surface area contributed by atoms with Crippen molar-refractivity contribution in [1.29, 1.82) is 0 Å². The Balaban J connectivity index is 3.20. The molecule has 0 amide bonds. The third-order valence-corrected chi connectivity index (χ3v) is 2.42. The fourth-order valence-electron chi connectivity index (χ4n) is 1.03. The Morgan fingerprint density at radius 1 is 1.62 bits per heavy atom. The van der Waals surface area contributed by atoms with E-state index in [1.807, 2.05) is 0 Å². The van der Waals surface area contributed by atoms with Gasteiger partial charge in [-0.25, -0.2) is 4.39 Å². The lowest BCUT2D eigenvalue weighted by atomic mass is 9.95. The predicted octanol–water partition coefficient (Wildman–Crippen LogP) is 1.61. The molecule has 1 rings (SSSR count). The zero-order valence-corrected chi connectivity index (χ0v) is 7.90. The molecule has 0 saturated heterocycles. The summed E-state index contributed by atoms with van der Waals surface area (Å²) >= 11 is 1.34. The van der Waals surface area contributed by atoms with Crippen molar-refractivity contribution in [2.24, 2.45) is 5.18 Å². The third-order valence-electron chi connectivity index (χ3n) is 1.62. The van der Waals surface area contributed by atoms with E-state index >= 15 is 0 Å². The van der Waals surface area contributed by atoms with Crippen LogP contribution >= 0.6 is 11.8 Å². The Hall–Kier alpha value is -0.835. The maximum Gasteiger partial charge on any atom is 0.128 e. The minimum atomic E-state index is -0.469. The monoisotopic (exact) mass is 195 g/mol. The van der Waals surface area contributed by atoms with E-state index in [0.717, 1.165) is 0 Å². The van der Waals surface area contributed by atoms with Gasteiger partial charge in [-0.15, -0.1) is 11.8 Å². The van der Waals surface area contributed by atoms with Crippen molar-refractivity contribution in [3.8, 4) is 0 Å². The molecule has 0 aromatic heterocycles. The molecule has 0 spiro atoms. The molecule has 66 valence electrons. The smallest absolute Gasteiger partial charge is 0.128 e. The summed E-state index contributed by atoms with van der Waals surface area (Å²) in [5, 5.41) is 2.66. The number of halogens is 1. The Bertz CT molecular complexity index is 332. The number of hydrogen-bond donors (Lipinski definition) is 0. The van der Waals surface area contributed by atoms with Gasteiger partial charge in [-0.3, -0.25) is 0 Å². The number of nitrogens with zero attached hydrogens (tertiary/aromatic N) is 1. The van der Waals surface area contributed by atoms with Gasteiger partial charge in [0.2, 0.25) is 0 Å². The summed E-state index contributed by atoms with van der Waals surface area (Å²) in [6.45, 7) is -0.151. The van der Waals surface area contributed by atoms with Crippen molar-refractivity contribution in [2.75, 3.05) is 6.26 Å². The van der Waals surface area contributed by atoms with E-state index in [0.29, 0.717) is 15.9 Å². The van der Waals surface area contributed by atoms with Crippen LogP contribution in [0.4, 0.5) is 4.39 Å². The van der Waals surface area contributed by atoms with Crippen molar-refractivity contribution in [2.45, 2.75) is 11.4 Å². The largest absolute Gasteiger partial charge is 0.207 e. The topological polar surface area (TPSA) is 29.4 Å². The normalized spacial score (nSPS) is 10.0. The molecule has 2 radical (unpaired) electrons. The van der Waals surface area contributed by atoms with Crippen LogP contribution in [-0.4, -0.2) is 14.1 Å². The lowest BCUT2D eigenvalue weighted by molar-refractivity contribution is 0.606. The molecule has 1 aromatic carbocycles. The van der Waals surface area contributed by atoms with E-state index < -0.39 is 5.82 Å². The molecule has 5 heteroatoms. The highest BCUT2D eigenvalue weighted by atomic mass is 32.2. The van der Waals surface area contributed by atoms with Gasteiger partial charge in [0.15, 0.2) is 0 Å². The number of hydrogen-bond acceptors (Lipinski definition) is 3. The van der Waals surface area contributed by atoms with Crippen LogP contribution in [0.3, 0.4) is 0 Å². The van der Waals surface area contributed by atoms with Crippen molar-refractivity contribution in [3.05, 3.63) is 28.4 Å². The second-order valence-corrected chi connectivity index (χ2v) is 3.32. The zero-order valence-electron chi connectivity index (χ0n) is 7.08. The minimum absolute atomic E-state index is 0.151. The van der Waals surface area contributed by atoms with E-state index in [-0.39, 0.29) is 6.54 Å². The van der Waals surface area contributed by atoms with Crippen molar-refractivity contribution in [3.63, 3.8) is 0 Å². The van der Waals surface area contributed by atoms with Crippen LogP contribution in [0.15, 0.2) is 22.2 Å². The average Bonchev–Trinajstić information content (AvgIpc) is 2.09. The van der Waals surface area contributed by atoms with E-state index in [4.69, 9.17) is 7.85 Å². The van der Waals surface area contributed by atoms with Crippen LogP contribution in [0.5, 0.6) is 0 Å². The first kappa shape index (κ1) is 10.2. The number of benzene rings is 1. The fourth-order valence-corrected chi connectivity index (χ4v) is 1.69. The highest BCUT2D eigenvalue weighted by Crippen LogP contribution is 2.22. The lowest BCUT2D eigenvalue weighted by Gasteiger charge is -2.06. The maximum absolute atomic E-state index is 13.2. The standard InChI is InChI=1S/C8H7BFNOS/c1-13-8-3-5(9)2-7(10)6(8)4-11-12/h2-3H,4H2,1H3. The molecule has 0 unspecified atom stereocenters. The summed E-state index contributed by atoms with van der Waals surface area (Å²) in [4.78, 5) is 10.7. The van der Waals surface area contributed by atoms with Gasteiger partial charge in [0, 0.05) is 10.5 Å². The molecule has 0 aliphatic rings. The molecular formula is C8H7BFNOS.